The van der Waals surface area contributed by atoms with E-state index in [1.807, 2.05) is 0 Å². The zero-order valence-corrected chi connectivity index (χ0v) is 12.5. The summed E-state index contributed by atoms with van der Waals surface area (Å²) >= 11 is 0. The Morgan fingerprint density at radius 1 is 1.00 bits per heavy atom. The molecule has 0 atom stereocenters. The standard InChI is InChI=1S/C16H18O6/c1-20-13-8-5-11(9-14(13)21-2)16(19)22-12-6-3-10(4-7-12)15(17)18/h3,6,9H,4-5,7-8H2,1-2H3,(H,17,18). The van der Waals surface area contributed by atoms with E-state index in [4.69, 9.17) is 19.3 Å². The van der Waals surface area contributed by atoms with Gasteiger partial charge in [0.1, 0.15) is 11.5 Å². The Hall–Kier alpha value is -2.50. The number of hydrogen-bond donors (Lipinski definition) is 1. The summed E-state index contributed by atoms with van der Waals surface area (Å²) < 4.78 is 15.7. The average molecular weight is 306 g/mol. The first-order valence-electron chi connectivity index (χ1n) is 6.92. The average Bonchev–Trinajstić information content (AvgIpc) is 2.54. The van der Waals surface area contributed by atoms with Crippen LogP contribution in [0.15, 0.2) is 46.7 Å². The molecule has 0 fully saturated rings. The van der Waals surface area contributed by atoms with Crippen LogP contribution in [0.4, 0.5) is 0 Å². The molecular weight excluding hydrogens is 288 g/mol. The molecule has 0 heterocycles. The Kier molecular flexibility index (Phi) is 5.04. The fraction of sp³-hybridized carbons (Fsp3) is 0.375. The molecule has 0 saturated carbocycles. The quantitative estimate of drug-likeness (QED) is 0.786. The van der Waals surface area contributed by atoms with E-state index in [0.29, 0.717) is 54.1 Å². The SMILES string of the molecule is COC1=C(OC)CCC(C(=O)OC2=CC=C(C(=O)O)CC2)=C1. The second kappa shape index (κ2) is 6.98. The van der Waals surface area contributed by atoms with Crippen LogP contribution in [-0.2, 0) is 23.8 Å². The third-order valence-electron chi connectivity index (χ3n) is 3.54. The molecule has 0 aromatic carbocycles. The van der Waals surface area contributed by atoms with Crippen molar-refractivity contribution in [2.75, 3.05) is 14.2 Å². The molecule has 6 heteroatoms. The van der Waals surface area contributed by atoms with Crippen molar-refractivity contribution in [2.24, 2.45) is 0 Å². The highest BCUT2D eigenvalue weighted by atomic mass is 16.5. The van der Waals surface area contributed by atoms with Crippen molar-refractivity contribution in [1.82, 2.24) is 0 Å². The van der Waals surface area contributed by atoms with Crippen molar-refractivity contribution in [1.29, 1.82) is 0 Å². The van der Waals surface area contributed by atoms with Gasteiger partial charge in [0.05, 0.1) is 14.2 Å². The summed E-state index contributed by atoms with van der Waals surface area (Å²) in [7, 11) is 3.08. The zero-order valence-electron chi connectivity index (χ0n) is 12.5. The van der Waals surface area contributed by atoms with E-state index in [-0.39, 0.29) is 0 Å². The lowest BCUT2D eigenvalue weighted by atomic mass is 10.0. The lowest BCUT2D eigenvalue weighted by molar-refractivity contribution is -0.135. The van der Waals surface area contributed by atoms with Crippen LogP contribution in [-0.4, -0.2) is 31.3 Å². The minimum atomic E-state index is -0.946. The third kappa shape index (κ3) is 3.58. The van der Waals surface area contributed by atoms with Gasteiger partial charge in [0.2, 0.25) is 0 Å². The molecule has 0 radical (unpaired) electrons. The number of ether oxygens (including phenoxy) is 3. The lowest BCUT2D eigenvalue weighted by Crippen LogP contribution is -2.14. The predicted molar refractivity (Wildman–Crippen MR) is 77.5 cm³/mol. The molecule has 1 N–H and O–H groups in total. The molecule has 0 unspecified atom stereocenters. The van der Waals surface area contributed by atoms with Crippen molar-refractivity contribution in [3.63, 3.8) is 0 Å². The number of esters is 1. The van der Waals surface area contributed by atoms with Crippen LogP contribution in [0.2, 0.25) is 0 Å². The second-order valence-electron chi connectivity index (χ2n) is 4.88. The van der Waals surface area contributed by atoms with Crippen LogP contribution in [0, 0.1) is 0 Å². The van der Waals surface area contributed by atoms with E-state index >= 15 is 0 Å². The molecular formula is C16H18O6. The molecule has 0 amide bonds. The molecule has 22 heavy (non-hydrogen) atoms. The number of aliphatic carboxylic acids is 1. The van der Waals surface area contributed by atoms with Gasteiger partial charge in [-0.25, -0.2) is 9.59 Å². The Balaban J connectivity index is 2.06. The maximum atomic E-state index is 12.2. The van der Waals surface area contributed by atoms with Gasteiger partial charge in [-0.15, -0.1) is 0 Å². The number of rotatable bonds is 5. The highest BCUT2D eigenvalue weighted by Crippen LogP contribution is 2.27. The second-order valence-corrected chi connectivity index (χ2v) is 4.88. The largest absolute Gasteiger partial charge is 0.497 e. The summed E-state index contributed by atoms with van der Waals surface area (Å²) in [6, 6.07) is 0. The maximum absolute atomic E-state index is 12.2. The van der Waals surface area contributed by atoms with E-state index in [2.05, 4.69) is 0 Å². The topological polar surface area (TPSA) is 82.1 Å². The molecule has 0 aromatic heterocycles. The smallest absolute Gasteiger partial charge is 0.339 e. The van der Waals surface area contributed by atoms with Crippen LogP contribution in [0.3, 0.4) is 0 Å². The maximum Gasteiger partial charge on any atom is 0.339 e. The van der Waals surface area contributed by atoms with Crippen molar-refractivity contribution in [3.05, 3.63) is 46.7 Å². The van der Waals surface area contributed by atoms with Gasteiger partial charge in [-0.05, 0) is 31.1 Å². The first kappa shape index (κ1) is 15.9. The Labute approximate surface area is 128 Å². The van der Waals surface area contributed by atoms with Crippen molar-refractivity contribution >= 4 is 11.9 Å². The highest BCUT2D eigenvalue weighted by molar-refractivity contribution is 5.90. The van der Waals surface area contributed by atoms with Crippen LogP contribution in [0.1, 0.15) is 25.7 Å². The zero-order chi connectivity index (χ0) is 16.1. The first-order chi connectivity index (χ1) is 10.5. The Bertz CT molecular complexity index is 606. The molecule has 0 aromatic rings. The first-order valence-corrected chi connectivity index (χ1v) is 6.92. The molecule has 6 nitrogen and oxygen atoms in total. The van der Waals surface area contributed by atoms with Crippen LogP contribution in [0.5, 0.6) is 0 Å². The monoisotopic (exact) mass is 306 g/mol. The minimum Gasteiger partial charge on any atom is -0.497 e. The molecule has 0 bridgehead atoms. The number of carboxylic acid groups (broad SMARTS) is 1. The van der Waals surface area contributed by atoms with E-state index in [9.17, 15) is 9.59 Å². The van der Waals surface area contributed by atoms with Gasteiger partial charge in [-0.1, -0.05) is 0 Å². The molecule has 2 rings (SSSR count). The lowest BCUT2D eigenvalue weighted by Gasteiger charge is -2.18. The molecule has 0 saturated heterocycles. The number of carboxylic acids is 1. The summed E-state index contributed by atoms with van der Waals surface area (Å²) in [5.74, 6) is 0.300. The minimum absolute atomic E-state index is 0.311. The third-order valence-corrected chi connectivity index (χ3v) is 3.54. The fourth-order valence-corrected chi connectivity index (χ4v) is 2.28. The molecule has 0 aliphatic heterocycles. The fourth-order valence-electron chi connectivity index (χ4n) is 2.28. The normalized spacial score (nSPS) is 18.0. The van der Waals surface area contributed by atoms with Gasteiger partial charge < -0.3 is 19.3 Å². The van der Waals surface area contributed by atoms with Crippen LogP contribution in [0.25, 0.3) is 0 Å². The summed E-state index contributed by atoms with van der Waals surface area (Å²) in [6.07, 6.45) is 6.45. The number of allylic oxidation sites excluding steroid dienone is 5. The van der Waals surface area contributed by atoms with Gasteiger partial charge >= 0.3 is 11.9 Å². The van der Waals surface area contributed by atoms with Crippen molar-refractivity contribution in [2.45, 2.75) is 25.7 Å². The number of carbonyl (C=O) groups excluding carboxylic acids is 1. The van der Waals surface area contributed by atoms with Crippen LogP contribution < -0.4 is 0 Å². The van der Waals surface area contributed by atoms with Crippen molar-refractivity contribution in [3.8, 4) is 0 Å². The highest BCUT2D eigenvalue weighted by Gasteiger charge is 2.22. The predicted octanol–water partition coefficient (Wildman–Crippen LogP) is 2.44. The van der Waals surface area contributed by atoms with Crippen molar-refractivity contribution < 1.29 is 28.9 Å². The van der Waals surface area contributed by atoms with E-state index < -0.39 is 11.9 Å². The van der Waals surface area contributed by atoms with Gasteiger partial charge in [0.15, 0.2) is 5.76 Å². The number of carbonyl (C=O) groups is 2. The molecule has 2 aliphatic carbocycles. The number of hydrogen-bond acceptors (Lipinski definition) is 5. The van der Waals surface area contributed by atoms with E-state index in [1.165, 1.54) is 19.3 Å². The summed E-state index contributed by atoms with van der Waals surface area (Å²) in [5.41, 5.74) is 0.817. The Morgan fingerprint density at radius 2 is 1.73 bits per heavy atom. The van der Waals surface area contributed by atoms with Crippen LogP contribution >= 0.6 is 0 Å². The Morgan fingerprint density at radius 3 is 2.27 bits per heavy atom. The van der Waals surface area contributed by atoms with E-state index in [1.54, 1.807) is 13.2 Å². The summed E-state index contributed by atoms with van der Waals surface area (Å²) in [5, 5.41) is 8.87. The molecule has 0 spiro atoms. The molecule has 2 aliphatic rings. The van der Waals surface area contributed by atoms with Gasteiger partial charge in [0.25, 0.3) is 0 Å². The van der Waals surface area contributed by atoms with Gasteiger partial charge in [-0.3, -0.25) is 0 Å². The van der Waals surface area contributed by atoms with E-state index in [0.717, 1.165) is 0 Å². The molecule has 118 valence electrons. The summed E-state index contributed by atoms with van der Waals surface area (Å²) in [6.45, 7) is 0. The van der Waals surface area contributed by atoms with Gasteiger partial charge in [-0.2, -0.15) is 0 Å². The summed E-state index contributed by atoms with van der Waals surface area (Å²) in [4.78, 5) is 23.0. The van der Waals surface area contributed by atoms with Gasteiger partial charge in [0, 0.05) is 24.0 Å². The number of methoxy groups -OCH3 is 2.